The number of hydrogen-bond acceptors (Lipinski definition) is 4. The van der Waals surface area contributed by atoms with Gasteiger partial charge in [0.2, 0.25) is 5.91 Å². The molecule has 0 aliphatic carbocycles. The van der Waals surface area contributed by atoms with Gasteiger partial charge in [0, 0.05) is 6.54 Å². The van der Waals surface area contributed by atoms with E-state index in [-0.39, 0.29) is 11.9 Å². The number of amides is 1. The van der Waals surface area contributed by atoms with Gasteiger partial charge in [0.1, 0.15) is 6.04 Å². The van der Waals surface area contributed by atoms with Crippen LogP contribution in [0.5, 0.6) is 0 Å². The van der Waals surface area contributed by atoms with Crippen LogP contribution >= 0.6 is 11.6 Å². The Labute approximate surface area is 110 Å². The minimum atomic E-state index is -0.388. The zero-order valence-corrected chi connectivity index (χ0v) is 10.3. The van der Waals surface area contributed by atoms with Crippen LogP contribution in [0.1, 0.15) is 5.56 Å². The zero-order chi connectivity index (χ0) is 13.0. The molecule has 1 aliphatic rings. The lowest BCUT2D eigenvalue weighted by Crippen LogP contribution is -2.48. The number of nitrogens with one attached hydrogen (secondary N) is 2. The van der Waals surface area contributed by atoms with Crippen molar-refractivity contribution in [2.75, 3.05) is 25.1 Å². The summed E-state index contributed by atoms with van der Waals surface area (Å²) >= 11 is 5.96. The lowest BCUT2D eigenvalue weighted by atomic mass is 10.2. The summed E-state index contributed by atoms with van der Waals surface area (Å²) in [5.74, 6) is -0.216. The number of ether oxygens (including phenoxy) is 1. The van der Waals surface area contributed by atoms with E-state index in [1.807, 2.05) is 6.07 Å². The maximum Gasteiger partial charge on any atom is 0.243 e. The van der Waals surface area contributed by atoms with E-state index >= 15 is 0 Å². The Morgan fingerprint density at radius 3 is 3.11 bits per heavy atom. The first-order chi connectivity index (χ1) is 8.70. The number of hydrogen-bond donors (Lipinski definition) is 2. The number of carbonyl (C=O) groups is 1. The normalized spacial score (nSPS) is 19.0. The largest absolute Gasteiger partial charge is 0.378 e. The summed E-state index contributed by atoms with van der Waals surface area (Å²) in [6.07, 6.45) is 0. The van der Waals surface area contributed by atoms with Crippen molar-refractivity contribution in [3.8, 4) is 6.07 Å². The van der Waals surface area contributed by atoms with Gasteiger partial charge in [-0.2, -0.15) is 5.26 Å². The molecular weight excluding hydrogens is 254 g/mol. The molecule has 5 nitrogen and oxygen atoms in total. The Morgan fingerprint density at radius 2 is 2.44 bits per heavy atom. The molecule has 1 saturated heterocycles. The average Bonchev–Trinajstić information content (AvgIpc) is 2.42. The third kappa shape index (κ3) is 2.99. The highest BCUT2D eigenvalue weighted by molar-refractivity contribution is 6.33. The number of nitriles is 1. The second-order valence-electron chi connectivity index (χ2n) is 3.88. The van der Waals surface area contributed by atoms with Gasteiger partial charge in [-0.1, -0.05) is 11.6 Å². The Hall–Kier alpha value is -1.61. The standard InChI is InChI=1S/C12H12ClN3O2/c13-9-2-1-8(6-14)5-10(9)16-12(17)11-7-18-4-3-15-11/h1-2,5,11,15H,3-4,7H2,(H,16,17). The van der Waals surface area contributed by atoms with Gasteiger partial charge in [-0.25, -0.2) is 0 Å². The first kappa shape index (κ1) is 12.8. The maximum absolute atomic E-state index is 11.9. The predicted octanol–water partition coefficient (Wildman–Crippen LogP) is 1.14. The first-order valence-corrected chi connectivity index (χ1v) is 5.90. The van der Waals surface area contributed by atoms with Crippen LogP contribution in [-0.2, 0) is 9.53 Å². The number of halogens is 1. The maximum atomic E-state index is 11.9. The lowest BCUT2D eigenvalue weighted by molar-refractivity contribution is -0.120. The second-order valence-corrected chi connectivity index (χ2v) is 4.28. The summed E-state index contributed by atoms with van der Waals surface area (Å²) in [6, 6.07) is 6.34. The van der Waals surface area contributed by atoms with E-state index in [2.05, 4.69) is 10.6 Å². The van der Waals surface area contributed by atoms with Crippen molar-refractivity contribution >= 4 is 23.2 Å². The van der Waals surface area contributed by atoms with Gasteiger partial charge < -0.3 is 15.4 Å². The molecule has 1 atom stereocenters. The molecule has 0 radical (unpaired) electrons. The van der Waals surface area contributed by atoms with Crippen LogP contribution in [0, 0.1) is 11.3 Å². The molecule has 0 aromatic heterocycles. The van der Waals surface area contributed by atoms with Gasteiger partial charge in [-0.05, 0) is 18.2 Å². The molecule has 1 fully saturated rings. The van der Waals surface area contributed by atoms with Gasteiger partial charge in [-0.3, -0.25) is 4.79 Å². The van der Waals surface area contributed by atoms with Crippen LogP contribution in [-0.4, -0.2) is 31.7 Å². The summed E-state index contributed by atoms with van der Waals surface area (Å²) in [5, 5.41) is 14.9. The van der Waals surface area contributed by atoms with Crippen LogP contribution in [0.25, 0.3) is 0 Å². The van der Waals surface area contributed by atoms with E-state index in [9.17, 15) is 4.79 Å². The average molecular weight is 266 g/mol. The minimum Gasteiger partial charge on any atom is -0.378 e. The fourth-order valence-electron chi connectivity index (χ4n) is 1.64. The molecule has 6 heteroatoms. The van der Waals surface area contributed by atoms with E-state index in [0.717, 1.165) is 0 Å². The topological polar surface area (TPSA) is 74.2 Å². The number of morpholine rings is 1. The van der Waals surface area contributed by atoms with Crippen molar-refractivity contribution in [3.05, 3.63) is 28.8 Å². The smallest absolute Gasteiger partial charge is 0.243 e. The Balaban J connectivity index is 2.08. The van der Waals surface area contributed by atoms with Crippen molar-refractivity contribution in [1.82, 2.24) is 5.32 Å². The van der Waals surface area contributed by atoms with Gasteiger partial charge in [-0.15, -0.1) is 0 Å². The van der Waals surface area contributed by atoms with Crippen molar-refractivity contribution in [2.45, 2.75) is 6.04 Å². The fraction of sp³-hybridized carbons (Fsp3) is 0.333. The number of carbonyl (C=O) groups excluding carboxylic acids is 1. The Bertz CT molecular complexity index is 493. The molecule has 1 aromatic rings. The molecule has 0 spiro atoms. The number of rotatable bonds is 2. The first-order valence-electron chi connectivity index (χ1n) is 5.52. The quantitative estimate of drug-likeness (QED) is 0.841. The highest BCUT2D eigenvalue weighted by Gasteiger charge is 2.21. The van der Waals surface area contributed by atoms with Crippen molar-refractivity contribution < 1.29 is 9.53 Å². The van der Waals surface area contributed by atoms with Gasteiger partial charge >= 0.3 is 0 Å². The highest BCUT2D eigenvalue weighted by Crippen LogP contribution is 2.22. The zero-order valence-electron chi connectivity index (χ0n) is 9.57. The molecular formula is C12H12ClN3O2. The molecule has 94 valence electrons. The van der Waals surface area contributed by atoms with E-state index in [4.69, 9.17) is 21.6 Å². The number of nitrogens with zero attached hydrogens (tertiary/aromatic N) is 1. The van der Waals surface area contributed by atoms with E-state index in [1.165, 1.54) is 0 Å². The van der Waals surface area contributed by atoms with E-state index < -0.39 is 0 Å². The lowest BCUT2D eigenvalue weighted by Gasteiger charge is -2.23. The molecule has 1 aliphatic heterocycles. The van der Waals surface area contributed by atoms with Crippen molar-refractivity contribution in [2.24, 2.45) is 0 Å². The summed E-state index contributed by atoms with van der Waals surface area (Å²) in [4.78, 5) is 11.9. The van der Waals surface area contributed by atoms with Gasteiger partial charge in [0.05, 0.1) is 35.6 Å². The molecule has 1 aromatic carbocycles. The molecule has 18 heavy (non-hydrogen) atoms. The molecule has 2 N–H and O–H groups in total. The van der Waals surface area contributed by atoms with Gasteiger partial charge in [0.25, 0.3) is 0 Å². The van der Waals surface area contributed by atoms with Crippen LogP contribution in [0.3, 0.4) is 0 Å². The third-order valence-corrected chi connectivity index (χ3v) is 2.92. The summed E-state index contributed by atoms with van der Waals surface area (Å²) in [5.41, 5.74) is 0.885. The SMILES string of the molecule is N#Cc1ccc(Cl)c(NC(=O)C2COCCN2)c1. The third-order valence-electron chi connectivity index (χ3n) is 2.59. The van der Waals surface area contributed by atoms with Crippen LogP contribution in [0.15, 0.2) is 18.2 Å². The molecule has 0 bridgehead atoms. The van der Waals surface area contributed by atoms with Crippen molar-refractivity contribution in [3.63, 3.8) is 0 Å². The summed E-state index contributed by atoms with van der Waals surface area (Å²) in [7, 11) is 0. The molecule has 1 unspecified atom stereocenters. The monoisotopic (exact) mass is 265 g/mol. The molecule has 1 heterocycles. The van der Waals surface area contributed by atoms with Gasteiger partial charge in [0.15, 0.2) is 0 Å². The van der Waals surface area contributed by atoms with Crippen LogP contribution in [0.2, 0.25) is 5.02 Å². The van der Waals surface area contributed by atoms with Crippen molar-refractivity contribution in [1.29, 1.82) is 5.26 Å². The predicted molar refractivity (Wildman–Crippen MR) is 67.4 cm³/mol. The van der Waals surface area contributed by atoms with Crippen LogP contribution < -0.4 is 10.6 Å². The highest BCUT2D eigenvalue weighted by atomic mass is 35.5. The van der Waals surface area contributed by atoms with E-state index in [1.54, 1.807) is 18.2 Å². The number of anilines is 1. The minimum absolute atomic E-state index is 0.216. The second kappa shape index (κ2) is 5.83. The number of benzene rings is 1. The summed E-state index contributed by atoms with van der Waals surface area (Å²) < 4.78 is 5.21. The summed E-state index contributed by atoms with van der Waals surface area (Å²) in [6.45, 7) is 1.58. The van der Waals surface area contributed by atoms with E-state index in [0.29, 0.717) is 36.0 Å². The Kier molecular flexibility index (Phi) is 4.15. The van der Waals surface area contributed by atoms with Crippen LogP contribution in [0.4, 0.5) is 5.69 Å². The molecule has 1 amide bonds. The molecule has 2 rings (SSSR count). The Morgan fingerprint density at radius 1 is 1.61 bits per heavy atom. The fourth-order valence-corrected chi connectivity index (χ4v) is 1.81. The molecule has 0 saturated carbocycles.